The smallest absolute Gasteiger partial charge is 0.354 e. The largest absolute Gasteiger partial charge is 0.416 e. The number of piperidine rings is 1. The van der Waals surface area contributed by atoms with Gasteiger partial charge in [-0.1, -0.05) is 30.3 Å². The summed E-state index contributed by atoms with van der Waals surface area (Å²) in [6, 6.07) is 5.11. The van der Waals surface area contributed by atoms with Gasteiger partial charge in [-0.05, 0) is 43.9 Å². The summed E-state index contributed by atoms with van der Waals surface area (Å²) in [5, 5.41) is 3.11. The molecule has 2 aromatic rings. The van der Waals surface area contributed by atoms with Crippen LogP contribution in [0.15, 0.2) is 35.6 Å². The minimum absolute atomic E-state index is 0.0137. The number of thioether (sulfide) groups is 1. The lowest BCUT2D eigenvalue weighted by Crippen LogP contribution is -2.39. The van der Waals surface area contributed by atoms with E-state index in [2.05, 4.69) is 27.1 Å². The Hall–Kier alpha value is -2.00. The summed E-state index contributed by atoms with van der Waals surface area (Å²) < 4.78 is 38.6. The van der Waals surface area contributed by atoms with Crippen LogP contribution in [0.25, 0.3) is 0 Å². The van der Waals surface area contributed by atoms with E-state index >= 15 is 0 Å². The molecule has 1 aromatic carbocycles. The zero-order valence-electron chi connectivity index (χ0n) is 16.4. The van der Waals surface area contributed by atoms with Gasteiger partial charge in [0, 0.05) is 18.7 Å². The summed E-state index contributed by atoms with van der Waals surface area (Å²) in [5.74, 6) is 0.353. The van der Waals surface area contributed by atoms with Crippen molar-refractivity contribution in [3.63, 3.8) is 0 Å². The maximum Gasteiger partial charge on any atom is 0.416 e. The summed E-state index contributed by atoms with van der Waals surface area (Å²) >= 11 is 7.12. The molecule has 0 saturated carbocycles. The van der Waals surface area contributed by atoms with E-state index in [0.717, 1.165) is 49.8 Å². The Morgan fingerprint density at radius 2 is 2.10 bits per heavy atom. The van der Waals surface area contributed by atoms with Gasteiger partial charge < -0.3 is 10.2 Å². The normalized spacial score (nSPS) is 17.1. The van der Waals surface area contributed by atoms with Gasteiger partial charge in [0.2, 0.25) is 5.91 Å². The van der Waals surface area contributed by atoms with Crippen LogP contribution in [0.5, 0.6) is 0 Å². The zero-order valence-corrected chi connectivity index (χ0v) is 17.9. The Bertz CT molecular complexity index is 897. The molecule has 30 heavy (non-hydrogen) atoms. The average Bonchev–Trinajstić information content (AvgIpc) is 2.73. The molecule has 1 saturated heterocycles. The fraction of sp³-hybridized carbons (Fsp3) is 0.450. The van der Waals surface area contributed by atoms with Crippen LogP contribution < -0.4 is 10.2 Å². The predicted octanol–water partition coefficient (Wildman–Crippen LogP) is 5.65. The maximum atomic E-state index is 12.9. The number of nitrogens with zero attached hydrogens (tertiary/aromatic N) is 3. The van der Waals surface area contributed by atoms with Gasteiger partial charge in [0.1, 0.15) is 17.2 Å². The monoisotopic (exact) mass is 458 g/mol. The van der Waals surface area contributed by atoms with E-state index in [-0.39, 0.29) is 16.5 Å². The third kappa shape index (κ3) is 5.78. The molecule has 0 bridgehead atoms. The topological polar surface area (TPSA) is 58.1 Å². The summed E-state index contributed by atoms with van der Waals surface area (Å²) in [6.07, 6.45) is 1.44. The van der Waals surface area contributed by atoms with E-state index in [1.165, 1.54) is 24.5 Å². The van der Waals surface area contributed by atoms with Gasteiger partial charge in [-0.15, -0.1) is 0 Å². The molecule has 3 rings (SSSR count). The van der Waals surface area contributed by atoms with E-state index < -0.39 is 17.6 Å². The number of carbonyl (C=O) groups excluding carboxylic acids is 1. The third-order valence-corrected chi connectivity index (χ3v) is 6.19. The Labute approximate surface area is 182 Å². The quantitative estimate of drug-likeness (QED) is 0.448. The van der Waals surface area contributed by atoms with Gasteiger partial charge in [0.25, 0.3) is 0 Å². The van der Waals surface area contributed by atoms with Crippen molar-refractivity contribution in [3.8, 4) is 0 Å². The molecule has 0 spiro atoms. The number of benzene rings is 1. The first-order valence-corrected chi connectivity index (χ1v) is 11.0. The lowest BCUT2D eigenvalue weighted by Gasteiger charge is -2.36. The highest BCUT2D eigenvalue weighted by molar-refractivity contribution is 7.99. The molecule has 0 aliphatic carbocycles. The Balaban J connectivity index is 1.63. The third-order valence-electron chi connectivity index (χ3n) is 4.94. The van der Waals surface area contributed by atoms with Gasteiger partial charge in [-0.25, -0.2) is 9.97 Å². The van der Waals surface area contributed by atoms with Crippen molar-refractivity contribution in [1.82, 2.24) is 9.97 Å². The fourth-order valence-electron chi connectivity index (χ4n) is 3.42. The Morgan fingerprint density at radius 1 is 1.30 bits per heavy atom. The van der Waals surface area contributed by atoms with Crippen LogP contribution in [0.3, 0.4) is 0 Å². The van der Waals surface area contributed by atoms with Crippen molar-refractivity contribution in [1.29, 1.82) is 0 Å². The molecule has 2 heterocycles. The van der Waals surface area contributed by atoms with Crippen molar-refractivity contribution < 1.29 is 18.0 Å². The van der Waals surface area contributed by atoms with E-state index in [1.807, 2.05) is 6.07 Å². The highest BCUT2D eigenvalue weighted by atomic mass is 35.5. The van der Waals surface area contributed by atoms with Crippen molar-refractivity contribution >= 4 is 40.8 Å². The number of hydrogen-bond acceptors (Lipinski definition) is 5. The average molecular weight is 459 g/mol. The number of amides is 1. The molecular weight excluding hydrogens is 437 g/mol. The van der Waals surface area contributed by atoms with Crippen LogP contribution in [0.1, 0.15) is 38.2 Å². The Morgan fingerprint density at radius 3 is 2.83 bits per heavy atom. The summed E-state index contributed by atoms with van der Waals surface area (Å²) in [7, 11) is 0. The van der Waals surface area contributed by atoms with Gasteiger partial charge >= 0.3 is 6.18 Å². The molecular formula is C20H22ClF3N4OS. The Kier molecular flexibility index (Phi) is 7.46. The van der Waals surface area contributed by atoms with Crippen LogP contribution in [-0.2, 0) is 11.0 Å². The summed E-state index contributed by atoms with van der Waals surface area (Å²) in [5.41, 5.74) is -0.943. The molecule has 1 aliphatic heterocycles. The molecule has 5 nitrogen and oxygen atoms in total. The number of carbonyl (C=O) groups is 1. The molecule has 1 aliphatic rings. The SMILES string of the molecule is CC[C@@H]1CCCCN1c1cc(SCC(=O)Nc2cc(C(F)(F)F)ccc2Cl)ncn1. The molecule has 1 aromatic heterocycles. The first-order chi connectivity index (χ1) is 14.3. The second-order valence-corrected chi connectivity index (χ2v) is 8.40. The second-order valence-electron chi connectivity index (χ2n) is 6.99. The number of rotatable bonds is 6. The van der Waals surface area contributed by atoms with E-state index in [0.29, 0.717) is 11.1 Å². The van der Waals surface area contributed by atoms with Crippen LogP contribution in [0.2, 0.25) is 5.02 Å². The lowest BCUT2D eigenvalue weighted by atomic mass is 10.0. The number of aromatic nitrogens is 2. The molecule has 0 radical (unpaired) electrons. The number of alkyl halides is 3. The van der Waals surface area contributed by atoms with Crippen LogP contribution in [0, 0.1) is 0 Å². The van der Waals surface area contributed by atoms with Crippen LogP contribution in [-0.4, -0.2) is 34.2 Å². The van der Waals surface area contributed by atoms with Crippen LogP contribution in [0.4, 0.5) is 24.7 Å². The van der Waals surface area contributed by atoms with Gasteiger partial charge in [0.05, 0.1) is 22.0 Å². The van der Waals surface area contributed by atoms with E-state index in [4.69, 9.17) is 11.6 Å². The van der Waals surface area contributed by atoms with E-state index in [9.17, 15) is 18.0 Å². The molecule has 1 amide bonds. The van der Waals surface area contributed by atoms with Gasteiger partial charge in [0.15, 0.2) is 0 Å². The first-order valence-electron chi connectivity index (χ1n) is 9.66. The van der Waals surface area contributed by atoms with Gasteiger partial charge in [-0.2, -0.15) is 13.2 Å². The first kappa shape index (κ1) is 22.7. The highest BCUT2D eigenvalue weighted by Crippen LogP contribution is 2.34. The number of halogens is 4. The van der Waals surface area contributed by atoms with Crippen molar-refractivity contribution in [2.24, 2.45) is 0 Å². The minimum Gasteiger partial charge on any atom is -0.354 e. The summed E-state index contributed by atoms with van der Waals surface area (Å²) in [6.45, 7) is 3.09. The van der Waals surface area contributed by atoms with E-state index in [1.54, 1.807) is 0 Å². The lowest BCUT2D eigenvalue weighted by molar-refractivity contribution is -0.137. The molecule has 1 atom stereocenters. The number of hydrogen-bond donors (Lipinski definition) is 1. The second kappa shape index (κ2) is 9.87. The molecule has 1 fully saturated rings. The zero-order chi connectivity index (χ0) is 21.7. The highest BCUT2D eigenvalue weighted by Gasteiger charge is 2.31. The molecule has 0 unspecified atom stereocenters. The van der Waals surface area contributed by atoms with Crippen molar-refractivity contribution in [2.75, 3.05) is 22.5 Å². The van der Waals surface area contributed by atoms with Crippen molar-refractivity contribution in [3.05, 3.63) is 41.2 Å². The van der Waals surface area contributed by atoms with Crippen LogP contribution >= 0.6 is 23.4 Å². The molecule has 1 N–H and O–H groups in total. The minimum atomic E-state index is -4.51. The fourth-order valence-corrected chi connectivity index (χ4v) is 4.24. The standard InChI is InChI=1S/C20H22ClF3N4OS/c1-2-14-5-3-4-8-28(14)17-10-19(26-12-25-17)30-11-18(29)27-16-9-13(20(22,23)24)6-7-15(16)21/h6-7,9-10,12,14H,2-5,8,11H2,1H3,(H,27,29)/t14-/m1/s1. The van der Waals surface area contributed by atoms with Gasteiger partial charge in [-0.3, -0.25) is 4.79 Å². The predicted molar refractivity (Wildman–Crippen MR) is 113 cm³/mol. The van der Waals surface area contributed by atoms with Crippen molar-refractivity contribution in [2.45, 2.75) is 49.9 Å². The number of nitrogens with one attached hydrogen (secondary N) is 1. The maximum absolute atomic E-state index is 12.9. The number of anilines is 2. The molecule has 162 valence electrons. The summed E-state index contributed by atoms with van der Waals surface area (Å²) in [4.78, 5) is 23.1. The molecule has 10 heteroatoms.